The monoisotopic (exact) mass is 295 g/mol. The molecule has 0 unspecified atom stereocenters. The summed E-state index contributed by atoms with van der Waals surface area (Å²) >= 11 is 0. The van der Waals surface area contributed by atoms with Gasteiger partial charge in [-0.05, 0) is 31.8 Å². The van der Waals surface area contributed by atoms with Gasteiger partial charge in [0.15, 0.2) is 0 Å². The Morgan fingerprint density at radius 3 is 2.67 bits per heavy atom. The maximum atomic E-state index is 12.0. The van der Waals surface area contributed by atoms with E-state index in [0.29, 0.717) is 12.1 Å². The predicted molar refractivity (Wildman–Crippen MR) is 80.7 cm³/mol. The van der Waals surface area contributed by atoms with Crippen molar-refractivity contribution in [2.75, 3.05) is 7.11 Å². The molecule has 1 aliphatic carbocycles. The third-order valence-corrected chi connectivity index (χ3v) is 3.75. The minimum Gasteiger partial charge on any atom is -0.469 e. The molecule has 0 radical (unpaired) electrons. The van der Waals surface area contributed by atoms with E-state index in [-0.39, 0.29) is 17.8 Å². The van der Waals surface area contributed by atoms with Crippen molar-refractivity contribution < 1.29 is 19.2 Å². The van der Waals surface area contributed by atoms with Crippen LogP contribution in [0.5, 0.6) is 0 Å². The second-order valence-corrected chi connectivity index (χ2v) is 5.51. The van der Waals surface area contributed by atoms with E-state index in [1.807, 2.05) is 13.0 Å². The van der Waals surface area contributed by atoms with Gasteiger partial charge in [-0.2, -0.15) is 0 Å². The smallest absolute Gasteiger partial charge is 0.331 e. The number of nitrogens with zero attached hydrogens (tertiary/aromatic N) is 1. The highest BCUT2D eigenvalue weighted by molar-refractivity contribution is 5.98. The van der Waals surface area contributed by atoms with Crippen molar-refractivity contribution in [1.29, 1.82) is 0 Å². The number of esters is 1. The van der Waals surface area contributed by atoms with Crippen molar-refractivity contribution in [1.82, 2.24) is 0 Å². The molecule has 0 fully saturated rings. The minimum atomic E-state index is -0.439. The van der Waals surface area contributed by atoms with Gasteiger partial charge in [-0.3, -0.25) is 4.79 Å². The van der Waals surface area contributed by atoms with Crippen LogP contribution < -0.4 is 0 Å². The number of hydrogen-bond donors (Lipinski definition) is 0. The van der Waals surface area contributed by atoms with Crippen LogP contribution in [0.1, 0.15) is 52.9 Å². The van der Waals surface area contributed by atoms with Crippen molar-refractivity contribution >= 4 is 17.7 Å². The quantitative estimate of drug-likeness (QED) is 0.326. The van der Waals surface area contributed by atoms with Gasteiger partial charge in [0.25, 0.3) is 0 Å². The SMILES string of the molecule is CCCCC[C@H]1C/C(=N/OC(C)=O)C=C(C)[C@H]1C(=O)OC. The summed E-state index contributed by atoms with van der Waals surface area (Å²) in [5.41, 5.74) is 1.63. The van der Waals surface area contributed by atoms with Gasteiger partial charge in [-0.1, -0.05) is 36.9 Å². The van der Waals surface area contributed by atoms with Crippen LogP contribution in [0.25, 0.3) is 0 Å². The molecule has 0 bridgehead atoms. The van der Waals surface area contributed by atoms with Crippen LogP contribution in [0.2, 0.25) is 0 Å². The molecule has 0 spiro atoms. The molecule has 1 aliphatic rings. The molecule has 0 amide bonds. The van der Waals surface area contributed by atoms with Crippen LogP contribution in [-0.4, -0.2) is 24.8 Å². The van der Waals surface area contributed by atoms with Gasteiger partial charge in [0.1, 0.15) is 0 Å². The molecule has 0 aromatic carbocycles. The first-order valence-corrected chi connectivity index (χ1v) is 7.50. The van der Waals surface area contributed by atoms with Gasteiger partial charge in [0.05, 0.1) is 18.7 Å². The van der Waals surface area contributed by atoms with Crippen molar-refractivity contribution in [3.63, 3.8) is 0 Å². The zero-order valence-electron chi connectivity index (χ0n) is 13.3. The second kappa shape index (κ2) is 8.60. The molecule has 0 saturated carbocycles. The molecule has 0 aliphatic heterocycles. The number of allylic oxidation sites excluding steroid dienone is 1. The molecule has 0 aromatic rings. The van der Waals surface area contributed by atoms with Crippen molar-refractivity contribution in [3.8, 4) is 0 Å². The highest BCUT2D eigenvalue weighted by Gasteiger charge is 2.34. The Balaban J connectivity index is 2.89. The van der Waals surface area contributed by atoms with Gasteiger partial charge < -0.3 is 9.57 Å². The molecule has 0 N–H and O–H groups in total. The average molecular weight is 295 g/mol. The fraction of sp³-hybridized carbons (Fsp3) is 0.688. The van der Waals surface area contributed by atoms with Gasteiger partial charge in [0.2, 0.25) is 0 Å². The first kappa shape index (κ1) is 17.4. The third-order valence-electron chi connectivity index (χ3n) is 3.75. The van der Waals surface area contributed by atoms with Gasteiger partial charge in [-0.15, -0.1) is 0 Å². The summed E-state index contributed by atoms with van der Waals surface area (Å²) in [5.74, 6) is -0.700. The summed E-state index contributed by atoms with van der Waals surface area (Å²) in [6, 6.07) is 0. The van der Waals surface area contributed by atoms with Crippen LogP contribution in [0.15, 0.2) is 16.8 Å². The molecule has 0 saturated heterocycles. The van der Waals surface area contributed by atoms with E-state index >= 15 is 0 Å². The predicted octanol–water partition coefficient (Wildman–Crippen LogP) is 3.24. The Morgan fingerprint density at radius 1 is 1.38 bits per heavy atom. The van der Waals surface area contributed by atoms with E-state index in [9.17, 15) is 9.59 Å². The van der Waals surface area contributed by atoms with Crippen LogP contribution in [-0.2, 0) is 19.2 Å². The van der Waals surface area contributed by atoms with Crippen LogP contribution in [0.3, 0.4) is 0 Å². The molecule has 1 rings (SSSR count). The summed E-state index contributed by atoms with van der Waals surface area (Å²) in [4.78, 5) is 27.6. The number of methoxy groups -OCH3 is 1. The molecule has 118 valence electrons. The second-order valence-electron chi connectivity index (χ2n) is 5.51. The molecule has 5 heteroatoms. The molecular weight excluding hydrogens is 270 g/mol. The number of ether oxygens (including phenoxy) is 1. The largest absolute Gasteiger partial charge is 0.469 e. The maximum absolute atomic E-state index is 12.0. The summed E-state index contributed by atoms with van der Waals surface area (Å²) in [5, 5.41) is 3.87. The zero-order valence-corrected chi connectivity index (χ0v) is 13.3. The lowest BCUT2D eigenvalue weighted by Gasteiger charge is -2.29. The van der Waals surface area contributed by atoms with E-state index in [4.69, 9.17) is 9.57 Å². The maximum Gasteiger partial charge on any atom is 0.331 e. The standard InChI is InChI=1S/C16H25NO4/c1-5-6-7-8-13-10-14(17-21-12(3)18)9-11(2)15(13)16(19)20-4/h9,13,15H,5-8,10H2,1-4H3/b17-14+/t13-,15+/m0/s1. The normalized spacial score (nSPS) is 23.6. The minimum absolute atomic E-state index is 0.156. The van der Waals surface area contributed by atoms with E-state index in [1.165, 1.54) is 14.0 Å². The molecule has 0 aromatic heterocycles. The molecular formula is C16H25NO4. The van der Waals surface area contributed by atoms with Crippen LogP contribution >= 0.6 is 0 Å². The Morgan fingerprint density at radius 2 is 2.10 bits per heavy atom. The van der Waals surface area contributed by atoms with Gasteiger partial charge in [0, 0.05) is 6.92 Å². The van der Waals surface area contributed by atoms with E-state index in [2.05, 4.69) is 12.1 Å². The highest BCUT2D eigenvalue weighted by atomic mass is 16.7. The lowest BCUT2D eigenvalue weighted by molar-refractivity contribution is -0.146. The number of oxime groups is 1. The zero-order chi connectivity index (χ0) is 15.8. The van der Waals surface area contributed by atoms with Crippen molar-refractivity contribution in [3.05, 3.63) is 11.6 Å². The van der Waals surface area contributed by atoms with Gasteiger partial charge >= 0.3 is 11.9 Å². The van der Waals surface area contributed by atoms with E-state index < -0.39 is 5.97 Å². The summed E-state index contributed by atoms with van der Waals surface area (Å²) < 4.78 is 4.93. The van der Waals surface area contributed by atoms with Crippen molar-refractivity contribution in [2.24, 2.45) is 17.0 Å². The topological polar surface area (TPSA) is 65.0 Å². The van der Waals surface area contributed by atoms with Crippen LogP contribution in [0.4, 0.5) is 0 Å². The first-order valence-electron chi connectivity index (χ1n) is 7.50. The molecule has 21 heavy (non-hydrogen) atoms. The summed E-state index contributed by atoms with van der Waals surface area (Å²) in [6.07, 6.45) is 6.75. The Bertz CT molecular complexity index is 440. The van der Waals surface area contributed by atoms with Crippen molar-refractivity contribution in [2.45, 2.75) is 52.9 Å². The average Bonchev–Trinajstić information content (AvgIpc) is 2.44. The highest BCUT2D eigenvalue weighted by Crippen LogP contribution is 2.34. The Kier molecular flexibility index (Phi) is 7.12. The third kappa shape index (κ3) is 5.33. The number of carbonyl (C=O) groups is 2. The Hall–Kier alpha value is -1.65. The fourth-order valence-corrected chi connectivity index (χ4v) is 2.79. The number of rotatable bonds is 6. The summed E-state index contributed by atoms with van der Waals surface area (Å²) in [6.45, 7) is 5.37. The van der Waals surface area contributed by atoms with Crippen LogP contribution in [0, 0.1) is 11.8 Å². The van der Waals surface area contributed by atoms with Gasteiger partial charge in [-0.25, -0.2) is 4.79 Å². The van der Waals surface area contributed by atoms with E-state index in [0.717, 1.165) is 31.3 Å². The summed E-state index contributed by atoms with van der Waals surface area (Å²) in [7, 11) is 1.42. The number of hydrogen-bond acceptors (Lipinski definition) is 5. The lowest BCUT2D eigenvalue weighted by Crippen LogP contribution is -2.31. The molecule has 2 atom stereocenters. The Labute approximate surface area is 126 Å². The fourth-order valence-electron chi connectivity index (χ4n) is 2.79. The number of unbranched alkanes of at least 4 members (excludes halogenated alkanes) is 2. The first-order chi connectivity index (χ1) is 9.99. The lowest BCUT2D eigenvalue weighted by atomic mass is 9.75. The molecule has 0 heterocycles. The van der Waals surface area contributed by atoms with E-state index in [1.54, 1.807) is 0 Å². The number of carbonyl (C=O) groups excluding carboxylic acids is 2. The molecule has 5 nitrogen and oxygen atoms in total.